The molecule has 0 aromatic heterocycles. The number of nitrogens with zero attached hydrogens (tertiary/aromatic N) is 1. The van der Waals surface area contributed by atoms with Crippen molar-refractivity contribution >= 4 is 12.0 Å². The molecule has 1 saturated heterocycles. The summed E-state index contributed by atoms with van der Waals surface area (Å²) in [6.07, 6.45) is 3.11. The van der Waals surface area contributed by atoms with Gasteiger partial charge in [0.2, 0.25) is 0 Å². The third-order valence-corrected chi connectivity index (χ3v) is 3.39. The van der Waals surface area contributed by atoms with Crippen LogP contribution in [-0.2, 0) is 14.3 Å². The Kier molecular flexibility index (Phi) is 8.07. The van der Waals surface area contributed by atoms with Crippen LogP contribution in [0.5, 0.6) is 0 Å². The highest BCUT2D eigenvalue weighted by Gasteiger charge is 2.17. The minimum absolute atomic E-state index is 0.191. The Morgan fingerprint density at radius 1 is 1.52 bits per heavy atom. The van der Waals surface area contributed by atoms with Crippen molar-refractivity contribution in [3.63, 3.8) is 0 Å². The highest BCUT2D eigenvalue weighted by atomic mass is 16.5. The van der Waals surface area contributed by atoms with Crippen LogP contribution in [0.4, 0.5) is 4.79 Å². The van der Waals surface area contributed by atoms with Crippen molar-refractivity contribution in [3.05, 3.63) is 0 Å². The molecule has 122 valence electrons. The molecule has 1 heterocycles. The summed E-state index contributed by atoms with van der Waals surface area (Å²) in [5.41, 5.74) is 0. The van der Waals surface area contributed by atoms with Gasteiger partial charge in [0, 0.05) is 33.4 Å². The molecule has 0 radical (unpaired) electrons. The molecule has 2 N–H and O–H groups in total. The Hall–Kier alpha value is -1.34. The first-order valence-electron chi connectivity index (χ1n) is 7.41. The zero-order chi connectivity index (χ0) is 15.7. The molecule has 0 bridgehead atoms. The second-order valence-electron chi connectivity index (χ2n) is 5.42. The zero-order valence-electron chi connectivity index (χ0n) is 12.8. The van der Waals surface area contributed by atoms with Crippen molar-refractivity contribution in [1.29, 1.82) is 0 Å². The number of carbonyl (C=O) groups excluding carboxylic acids is 1. The van der Waals surface area contributed by atoms with Gasteiger partial charge in [0.1, 0.15) is 0 Å². The van der Waals surface area contributed by atoms with E-state index in [9.17, 15) is 9.59 Å². The SMILES string of the molecule is CC(CN(C)C(=O)NCCCOCC1CCCO1)C(=O)O. The summed E-state index contributed by atoms with van der Waals surface area (Å²) in [6.45, 7) is 4.29. The average molecular weight is 302 g/mol. The molecule has 7 nitrogen and oxygen atoms in total. The monoisotopic (exact) mass is 302 g/mol. The first kappa shape index (κ1) is 17.7. The lowest BCUT2D eigenvalue weighted by Crippen LogP contribution is -2.41. The molecule has 2 amide bonds. The number of amides is 2. The maximum atomic E-state index is 11.7. The van der Waals surface area contributed by atoms with Gasteiger partial charge < -0.3 is 24.8 Å². The van der Waals surface area contributed by atoms with E-state index in [-0.39, 0.29) is 18.7 Å². The Labute approximate surface area is 125 Å². The highest BCUT2D eigenvalue weighted by molar-refractivity contribution is 5.75. The molecule has 2 atom stereocenters. The summed E-state index contributed by atoms with van der Waals surface area (Å²) in [4.78, 5) is 23.8. The highest BCUT2D eigenvalue weighted by Crippen LogP contribution is 2.11. The van der Waals surface area contributed by atoms with E-state index in [0.717, 1.165) is 25.9 Å². The number of carboxylic acid groups (broad SMARTS) is 1. The van der Waals surface area contributed by atoms with Crippen molar-refractivity contribution in [1.82, 2.24) is 10.2 Å². The number of carbonyl (C=O) groups is 2. The van der Waals surface area contributed by atoms with E-state index in [0.29, 0.717) is 19.8 Å². The average Bonchev–Trinajstić information content (AvgIpc) is 2.95. The van der Waals surface area contributed by atoms with Crippen LogP contribution in [-0.4, -0.2) is 68.1 Å². The maximum Gasteiger partial charge on any atom is 0.317 e. The number of hydrogen-bond acceptors (Lipinski definition) is 4. The summed E-state index contributed by atoms with van der Waals surface area (Å²) in [5.74, 6) is -1.48. The largest absolute Gasteiger partial charge is 0.481 e. The standard InChI is InChI=1S/C14H26N2O5/c1-11(13(17)18)9-16(2)14(19)15-6-4-7-20-10-12-5-3-8-21-12/h11-12H,3-10H2,1-2H3,(H,15,19)(H,17,18). The van der Waals surface area contributed by atoms with Crippen LogP contribution >= 0.6 is 0 Å². The van der Waals surface area contributed by atoms with Gasteiger partial charge in [-0.15, -0.1) is 0 Å². The van der Waals surface area contributed by atoms with Gasteiger partial charge in [-0.25, -0.2) is 4.79 Å². The Bertz CT molecular complexity index is 331. The topological polar surface area (TPSA) is 88.1 Å². The second-order valence-corrected chi connectivity index (χ2v) is 5.42. The van der Waals surface area contributed by atoms with Crippen LogP contribution in [0.1, 0.15) is 26.2 Å². The Balaban J connectivity index is 2.00. The quantitative estimate of drug-likeness (QED) is 0.619. The van der Waals surface area contributed by atoms with Gasteiger partial charge in [0.15, 0.2) is 0 Å². The van der Waals surface area contributed by atoms with Crippen LogP contribution in [0.25, 0.3) is 0 Å². The van der Waals surface area contributed by atoms with Crippen molar-refractivity contribution in [3.8, 4) is 0 Å². The summed E-state index contributed by atoms with van der Waals surface area (Å²) >= 11 is 0. The lowest BCUT2D eigenvalue weighted by Gasteiger charge is -2.20. The second kappa shape index (κ2) is 9.57. The smallest absolute Gasteiger partial charge is 0.317 e. The lowest BCUT2D eigenvalue weighted by molar-refractivity contribution is -0.141. The van der Waals surface area contributed by atoms with Gasteiger partial charge in [-0.1, -0.05) is 6.92 Å². The molecule has 0 aromatic carbocycles. The number of aliphatic carboxylic acids is 1. The number of urea groups is 1. The van der Waals surface area contributed by atoms with E-state index in [4.69, 9.17) is 14.6 Å². The third kappa shape index (κ3) is 7.29. The fraction of sp³-hybridized carbons (Fsp3) is 0.857. The van der Waals surface area contributed by atoms with Gasteiger partial charge in [-0.05, 0) is 19.3 Å². The van der Waals surface area contributed by atoms with Gasteiger partial charge in [-0.3, -0.25) is 4.79 Å². The minimum Gasteiger partial charge on any atom is -0.481 e. The number of rotatable bonds is 9. The van der Waals surface area contributed by atoms with Crippen molar-refractivity contribution in [2.75, 3.05) is 40.0 Å². The predicted octanol–water partition coefficient (Wildman–Crippen LogP) is 0.934. The van der Waals surface area contributed by atoms with Gasteiger partial charge in [-0.2, -0.15) is 0 Å². The molecule has 0 aliphatic carbocycles. The summed E-state index contributed by atoms with van der Waals surface area (Å²) in [6, 6.07) is -0.262. The molecule has 0 spiro atoms. The number of hydrogen-bond donors (Lipinski definition) is 2. The molecule has 21 heavy (non-hydrogen) atoms. The maximum absolute atomic E-state index is 11.7. The van der Waals surface area contributed by atoms with Crippen molar-refractivity contribution < 1.29 is 24.2 Å². The molecule has 1 aliphatic rings. The summed E-state index contributed by atoms with van der Waals surface area (Å²) in [5, 5.41) is 11.5. The summed E-state index contributed by atoms with van der Waals surface area (Å²) < 4.78 is 10.9. The first-order chi connectivity index (χ1) is 10.0. The van der Waals surface area contributed by atoms with E-state index < -0.39 is 11.9 Å². The van der Waals surface area contributed by atoms with Crippen molar-refractivity contribution in [2.45, 2.75) is 32.3 Å². The molecule has 1 aliphatic heterocycles. The van der Waals surface area contributed by atoms with E-state index in [2.05, 4.69) is 5.32 Å². The van der Waals surface area contributed by atoms with E-state index in [1.165, 1.54) is 4.90 Å². The summed E-state index contributed by atoms with van der Waals surface area (Å²) in [7, 11) is 1.59. The van der Waals surface area contributed by atoms with E-state index in [1.807, 2.05) is 0 Å². The molecule has 0 saturated carbocycles. The zero-order valence-corrected chi connectivity index (χ0v) is 12.8. The predicted molar refractivity (Wildman–Crippen MR) is 77.2 cm³/mol. The lowest BCUT2D eigenvalue weighted by atomic mass is 10.2. The molecule has 7 heteroatoms. The Morgan fingerprint density at radius 2 is 2.29 bits per heavy atom. The van der Waals surface area contributed by atoms with Gasteiger partial charge in [0.25, 0.3) is 0 Å². The number of ether oxygens (including phenoxy) is 2. The molecule has 2 unspecified atom stereocenters. The fourth-order valence-electron chi connectivity index (χ4n) is 2.07. The van der Waals surface area contributed by atoms with E-state index in [1.54, 1.807) is 14.0 Å². The van der Waals surface area contributed by atoms with Crippen LogP contribution in [0.2, 0.25) is 0 Å². The Morgan fingerprint density at radius 3 is 2.90 bits per heavy atom. The van der Waals surface area contributed by atoms with Crippen LogP contribution in [0.3, 0.4) is 0 Å². The first-order valence-corrected chi connectivity index (χ1v) is 7.41. The molecule has 1 fully saturated rings. The third-order valence-electron chi connectivity index (χ3n) is 3.39. The minimum atomic E-state index is -0.905. The molecule has 1 rings (SSSR count). The fourth-order valence-corrected chi connectivity index (χ4v) is 2.07. The van der Waals surface area contributed by atoms with E-state index >= 15 is 0 Å². The van der Waals surface area contributed by atoms with Crippen LogP contribution in [0, 0.1) is 5.92 Å². The van der Waals surface area contributed by atoms with Gasteiger partial charge >= 0.3 is 12.0 Å². The number of carboxylic acids is 1. The normalized spacial score (nSPS) is 19.2. The molecule has 0 aromatic rings. The molecular formula is C14H26N2O5. The molecular weight excluding hydrogens is 276 g/mol. The van der Waals surface area contributed by atoms with Crippen LogP contribution in [0.15, 0.2) is 0 Å². The number of nitrogens with one attached hydrogen (secondary N) is 1. The van der Waals surface area contributed by atoms with Gasteiger partial charge in [0.05, 0.1) is 18.6 Å². The van der Waals surface area contributed by atoms with Crippen molar-refractivity contribution in [2.24, 2.45) is 5.92 Å². The van der Waals surface area contributed by atoms with Crippen LogP contribution < -0.4 is 5.32 Å².